The van der Waals surface area contributed by atoms with Crippen molar-refractivity contribution < 1.29 is 9.59 Å². The highest BCUT2D eigenvalue weighted by Gasteiger charge is 2.10. The minimum atomic E-state index is 0.0358. The van der Waals surface area contributed by atoms with Crippen LogP contribution in [0.25, 0.3) is 64.7 Å². The predicted molar refractivity (Wildman–Crippen MR) is 167 cm³/mol. The number of imidazole rings is 2. The second-order valence-electron chi connectivity index (χ2n) is 9.13. The van der Waals surface area contributed by atoms with Gasteiger partial charge in [0.15, 0.2) is 0 Å². The lowest BCUT2D eigenvalue weighted by Crippen LogP contribution is -1.97. The molecular weight excluding hydrogens is 542 g/mol. The van der Waals surface area contributed by atoms with Gasteiger partial charge in [-0.3, -0.25) is 9.59 Å². The predicted octanol–water partition coefficient (Wildman–Crippen LogP) is 6.64. The number of aromatic nitrogens is 4. The summed E-state index contributed by atoms with van der Waals surface area (Å²) in [7, 11) is 0.0789. The molecule has 0 bridgehead atoms. The van der Waals surface area contributed by atoms with E-state index in [0.717, 1.165) is 44.8 Å². The lowest BCUT2D eigenvalue weighted by atomic mass is 9.97. The third-order valence-corrected chi connectivity index (χ3v) is 9.15. The van der Waals surface area contributed by atoms with E-state index < -0.39 is 0 Å². The van der Waals surface area contributed by atoms with Crippen molar-refractivity contribution in [2.45, 2.75) is 0 Å². The van der Waals surface area contributed by atoms with E-state index >= 15 is 0 Å². The monoisotopic (exact) mass is 562 g/mol. The second-order valence-corrected chi connectivity index (χ2v) is 12.2. The SMILES string of the molecule is O=CPc1ncc(-c2cc3ccc(-c4ccc5cc(-c6ccc7nc(PC=O)[nH]c7c6)ccc5c4)cc3s2)[nH]1. The molecule has 0 aliphatic heterocycles. The number of aromatic amines is 2. The van der Waals surface area contributed by atoms with Gasteiger partial charge in [0.2, 0.25) is 0 Å². The minimum Gasteiger partial charge on any atom is -0.338 e. The van der Waals surface area contributed by atoms with Crippen LogP contribution in [0, 0.1) is 0 Å². The Morgan fingerprint density at radius 3 is 2.05 bits per heavy atom. The number of hydrogen-bond donors (Lipinski definition) is 2. The van der Waals surface area contributed by atoms with Crippen molar-refractivity contribution in [2.75, 3.05) is 0 Å². The molecule has 0 aliphatic carbocycles. The first kappa shape index (κ1) is 24.1. The Kier molecular flexibility index (Phi) is 6.13. The summed E-state index contributed by atoms with van der Waals surface area (Å²) in [6.07, 6.45) is 1.80. The molecular formula is C30H20N4O2P2S. The lowest BCUT2D eigenvalue weighted by molar-refractivity contribution is 0.569. The number of nitrogens with one attached hydrogen (secondary N) is 2. The second kappa shape index (κ2) is 9.94. The molecule has 9 heteroatoms. The number of nitrogens with zero attached hydrogens (tertiary/aromatic N) is 2. The van der Waals surface area contributed by atoms with Crippen molar-refractivity contribution in [1.82, 2.24) is 19.9 Å². The van der Waals surface area contributed by atoms with E-state index in [1.165, 1.54) is 32.0 Å². The molecule has 2 atom stereocenters. The first-order valence-corrected chi connectivity index (χ1v) is 15.2. The van der Waals surface area contributed by atoms with Gasteiger partial charge in [-0.15, -0.1) is 11.3 Å². The molecule has 2 N–H and O–H groups in total. The average molecular weight is 563 g/mol. The molecule has 7 rings (SSSR count). The molecule has 0 radical (unpaired) electrons. The van der Waals surface area contributed by atoms with Crippen LogP contribution in [-0.4, -0.2) is 32.0 Å². The molecule has 4 aromatic carbocycles. The molecule has 39 heavy (non-hydrogen) atoms. The van der Waals surface area contributed by atoms with Crippen LogP contribution in [0.2, 0.25) is 0 Å². The van der Waals surface area contributed by atoms with Crippen LogP contribution in [0.4, 0.5) is 0 Å². The smallest absolute Gasteiger partial charge is 0.146 e. The Bertz CT molecular complexity index is 2040. The standard InChI is InChI=1S/C30H20N4O2P2S/c35-15-37-29-31-14-26(34-29)28-13-23-6-5-22(12-27(23)39-28)20-4-2-17-9-19(3-1-18(17)10-20)21-7-8-24-25(11-21)33-30(32-24)38-16-36/h1-16,37-38H,(H,31,34)(H,32,33). The van der Waals surface area contributed by atoms with Crippen LogP contribution >= 0.6 is 28.5 Å². The number of H-pyrrole nitrogens is 2. The molecule has 2 unspecified atom stereocenters. The summed E-state index contributed by atoms with van der Waals surface area (Å²) in [4.78, 5) is 38.1. The topological polar surface area (TPSA) is 91.5 Å². The first-order valence-electron chi connectivity index (χ1n) is 12.2. The van der Waals surface area contributed by atoms with Gasteiger partial charge in [-0.05, 0) is 74.8 Å². The highest BCUT2D eigenvalue weighted by molar-refractivity contribution is 7.62. The fourth-order valence-corrected chi connectivity index (χ4v) is 6.87. The Hall–Kier alpha value is -4.02. The Morgan fingerprint density at radius 2 is 1.31 bits per heavy atom. The van der Waals surface area contributed by atoms with Crippen LogP contribution in [0.5, 0.6) is 0 Å². The zero-order valence-corrected chi connectivity index (χ0v) is 23.2. The van der Waals surface area contributed by atoms with Crippen molar-refractivity contribution in [2.24, 2.45) is 0 Å². The van der Waals surface area contributed by atoms with E-state index in [9.17, 15) is 9.59 Å². The van der Waals surface area contributed by atoms with Gasteiger partial charge in [-0.25, -0.2) is 9.97 Å². The summed E-state index contributed by atoms with van der Waals surface area (Å²) >= 11 is 1.72. The number of hydrogen-bond acceptors (Lipinski definition) is 5. The van der Waals surface area contributed by atoms with E-state index in [-0.39, 0.29) is 17.2 Å². The van der Waals surface area contributed by atoms with E-state index in [1.54, 1.807) is 17.5 Å². The molecule has 3 heterocycles. The van der Waals surface area contributed by atoms with Crippen LogP contribution in [0.3, 0.4) is 0 Å². The van der Waals surface area contributed by atoms with Crippen LogP contribution in [0.1, 0.15) is 0 Å². The summed E-state index contributed by atoms with van der Waals surface area (Å²) in [5.74, 6) is 0. The maximum atomic E-state index is 10.9. The van der Waals surface area contributed by atoms with Crippen molar-refractivity contribution in [1.29, 1.82) is 0 Å². The first-order chi connectivity index (χ1) is 19.2. The summed E-state index contributed by atoms with van der Waals surface area (Å²) in [6, 6.07) is 29.8. The molecule has 0 fully saturated rings. The van der Waals surface area contributed by atoms with Gasteiger partial charge in [-0.2, -0.15) is 0 Å². The average Bonchev–Trinajstić information content (AvgIpc) is 3.70. The normalized spacial score (nSPS) is 12.1. The van der Waals surface area contributed by atoms with Gasteiger partial charge in [-0.1, -0.05) is 42.5 Å². The van der Waals surface area contributed by atoms with Crippen molar-refractivity contribution >= 4 is 83.6 Å². The summed E-state index contributed by atoms with van der Waals surface area (Å²) in [6.45, 7) is 0. The largest absolute Gasteiger partial charge is 0.338 e. The number of fused-ring (bicyclic) bond motifs is 3. The van der Waals surface area contributed by atoms with Gasteiger partial charge in [0, 0.05) is 21.9 Å². The van der Waals surface area contributed by atoms with Gasteiger partial charge in [0.25, 0.3) is 0 Å². The highest BCUT2D eigenvalue weighted by Crippen LogP contribution is 2.36. The quantitative estimate of drug-likeness (QED) is 0.168. The minimum absolute atomic E-state index is 0.0358. The summed E-state index contributed by atoms with van der Waals surface area (Å²) in [5.41, 5.74) is 8.76. The molecule has 6 nitrogen and oxygen atoms in total. The Balaban J connectivity index is 1.19. The summed E-state index contributed by atoms with van der Waals surface area (Å²) in [5, 5.41) is 3.54. The lowest BCUT2D eigenvalue weighted by Gasteiger charge is -2.07. The third-order valence-electron chi connectivity index (χ3n) is 6.74. The molecule has 0 amide bonds. The maximum Gasteiger partial charge on any atom is 0.146 e. The van der Waals surface area contributed by atoms with Crippen molar-refractivity contribution in [3.8, 4) is 32.8 Å². The number of carbonyl (C=O) groups is 2. The zero-order valence-electron chi connectivity index (χ0n) is 20.4. The van der Waals surface area contributed by atoms with Gasteiger partial charge in [0.05, 0.1) is 27.8 Å². The van der Waals surface area contributed by atoms with Crippen LogP contribution < -0.4 is 11.1 Å². The fraction of sp³-hybridized carbons (Fsp3) is 0. The van der Waals surface area contributed by atoms with Gasteiger partial charge >= 0.3 is 0 Å². The van der Waals surface area contributed by atoms with Crippen LogP contribution in [-0.2, 0) is 9.59 Å². The molecule has 0 spiro atoms. The van der Waals surface area contributed by atoms with Crippen molar-refractivity contribution in [3.63, 3.8) is 0 Å². The maximum absolute atomic E-state index is 10.9. The van der Waals surface area contributed by atoms with Crippen LogP contribution in [0.15, 0.2) is 85.1 Å². The van der Waals surface area contributed by atoms with Gasteiger partial charge in [0.1, 0.15) is 23.2 Å². The Morgan fingerprint density at radius 1 is 0.667 bits per heavy atom. The molecule has 0 saturated carbocycles. The van der Waals surface area contributed by atoms with E-state index in [0.29, 0.717) is 11.1 Å². The number of rotatable bonds is 7. The summed E-state index contributed by atoms with van der Waals surface area (Å²) < 4.78 is 1.21. The molecule has 0 saturated heterocycles. The number of thiophene rings is 1. The zero-order chi connectivity index (χ0) is 26.3. The van der Waals surface area contributed by atoms with E-state index in [1.807, 2.05) is 6.07 Å². The fourth-order valence-electron chi connectivity index (χ4n) is 4.84. The van der Waals surface area contributed by atoms with E-state index in [2.05, 4.69) is 92.7 Å². The Labute approximate surface area is 230 Å². The highest BCUT2D eigenvalue weighted by atomic mass is 32.1. The molecule has 0 aliphatic rings. The third kappa shape index (κ3) is 4.59. The van der Waals surface area contributed by atoms with E-state index in [4.69, 9.17) is 0 Å². The number of carbonyl (C=O) groups excluding carboxylic acids is 2. The molecule has 188 valence electrons. The van der Waals surface area contributed by atoms with Gasteiger partial charge < -0.3 is 9.97 Å². The molecule has 3 aromatic heterocycles. The molecule has 7 aromatic rings. The van der Waals surface area contributed by atoms with Crippen molar-refractivity contribution in [3.05, 3.63) is 85.1 Å². The number of benzene rings is 4.